The van der Waals surface area contributed by atoms with Gasteiger partial charge in [0.1, 0.15) is 34.5 Å². The van der Waals surface area contributed by atoms with E-state index >= 15 is 0 Å². The van der Waals surface area contributed by atoms with E-state index in [0.717, 1.165) is 6.07 Å². The summed E-state index contributed by atoms with van der Waals surface area (Å²) in [5.41, 5.74) is -0.371. The Kier molecular flexibility index (Phi) is 4.01. The van der Waals surface area contributed by atoms with E-state index in [4.69, 9.17) is 15.1 Å². The van der Waals surface area contributed by atoms with Crippen LogP contribution in [0.3, 0.4) is 0 Å². The summed E-state index contributed by atoms with van der Waals surface area (Å²) in [4.78, 5) is 11.1. The fourth-order valence-corrected chi connectivity index (χ4v) is 2.05. The molecule has 2 aromatic rings. The predicted octanol–water partition coefficient (Wildman–Crippen LogP) is 3.95. The van der Waals surface area contributed by atoms with Crippen molar-refractivity contribution in [3.05, 3.63) is 57.8 Å². The standard InChI is InChI=1S/C14H7BrFNO3/c15-9-3-1-5-11(8(9)7-17)20-12-6-2-4-10(16)13(12)14(18)19/h1-6H,(H,18,19). The van der Waals surface area contributed by atoms with Crippen LogP contribution >= 0.6 is 15.9 Å². The molecule has 2 rings (SSSR count). The fourth-order valence-electron chi connectivity index (χ4n) is 1.61. The van der Waals surface area contributed by atoms with Crippen molar-refractivity contribution in [1.29, 1.82) is 5.26 Å². The molecule has 0 saturated heterocycles. The molecular formula is C14H7BrFNO3. The van der Waals surface area contributed by atoms with E-state index in [1.54, 1.807) is 12.1 Å². The summed E-state index contributed by atoms with van der Waals surface area (Å²) in [6.45, 7) is 0. The molecule has 0 bridgehead atoms. The van der Waals surface area contributed by atoms with Gasteiger partial charge in [0.15, 0.2) is 0 Å². The van der Waals surface area contributed by atoms with Crippen molar-refractivity contribution in [2.45, 2.75) is 0 Å². The van der Waals surface area contributed by atoms with Crippen LogP contribution in [0.5, 0.6) is 11.5 Å². The molecular weight excluding hydrogens is 329 g/mol. The second kappa shape index (κ2) is 5.72. The molecule has 20 heavy (non-hydrogen) atoms. The molecule has 0 amide bonds. The number of ether oxygens (including phenoxy) is 1. The average Bonchev–Trinajstić information content (AvgIpc) is 2.38. The van der Waals surface area contributed by atoms with E-state index in [-0.39, 0.29) is 17.1 Å². The Labute approximate surface area is 122 Å². The van der Waals surface area contributed by atoms with Gasteiger partial charge in [0.05, 0.1) is 0 Å². The van der Waals surface area contributed by atoms with Gasteiger partial charge in [-0.05, 0) is 40.2 Å². The van der Waals surface area contributed by atoms with Gasteiger partial charge in [0.25, 0.3) is 0 Å². The molecule has 0 spiro atoms. The first kappa shape index (κ1) is 14.0. The Morgan fingerprint density at radius 2 is 1.90 bits per heavy atom. The maximum atomic E-state index is 13.5. The smallest absolute Gasteiger partial charge is 0.342 e. The van der Waals surface area contributed by atoms with E-state index in [2.05, 4.69) is 15.9 Å². The fraction of sp³-hybridized carbons (Fsp3) is 0. The lowest BCUT2D eigenvalue weighted by molar-refractivity contribution is 0.0689. The van der Waals surface area contributed by atoms with Crippen LogP contribution < -0.4 is 4.74 Å². The molecule has 0 aliphatic heterocycles. The third kappa shape index (κ3) is 2.63. The van der Waals surface area contributed by atoms with Crippen molar-refractivity contribution >= 4 is 21.9 Å². The highest BCUT2D eigenvalue weighted by molar-refractivity contribution is 9.10. The molecule has 0 saturated carbocycles. The third-order valence-corrected chi connectivity index (χ3v) is 3.16. The van der Waals surface area contributed by atoms with Crippen LogP contribution in [0.1, 0.15) is 15.9 Å². The van der Waals surface area contributed by atoms with Crippen LogP contribution in [0.25, 0.3) is 0 Å². The zero-order chi connectivity index (χ0) is 14.7. The van der Waals surface area contributed by atoms with Crippen molar-refractivity contribution in [2.75, 3.05) is 0 Å². The van der Waals surface area contributed by atoms with E-state index in [9.17, 15) is 9.18 Å². The Balaban J connectivity index is 2.52. The van der Waals surface area contributed by atoms with E-state index < -0.39 is 17.3 Å². The van der Waals surface area contributed by atoms with Gasteiger partial charge in [-0.1, -0.05) is 12.1 Å². The molecule has 2 aromatic carbocycles. The third-order valence-electron chi connectivity index (χ3n) is 2.50. The molecule has 1 N–H and O–H groups in total. The van der Waals surface area contributed by atoms with Crippen LogP contribution in [-0.4, -0.2) is 11.1 Å². The summed E-state index contributed by atoms with van der Waals surface area (Å²) in [5.74, 6) is -2.35. The number of hydrogen-bond donors (Lipinski definition) is 1. The van der Waals surface area contributed by atoms with Gasteiger partial charge in [-0.3, -0.25) is 0 Å². The van der Waals surface area contributed by atoms with E-state index in [1.807, 2.05) is 6.07 Å². The predicted molar refractivity (Wildman–Crippen MR) is 72.3 cm³/mol. The molecule has 0 atom stereocenters. The number of halogens is 2. The van der Waals surface area contributed by atoms with Gasteiger partial charge in [-0.25, -0.2) is 9.18 Å². The summed E-state index contributed by atoms with van der Waals surface area (Å²) in [7, 11) is 0. The van der Waals surface area contributed by atoms with E-state index in [0.29, 0.717) is 4.47 Å². The normalized spacial score (nSPS) is 9.85. The first-order valence-electron chi connectivity index (χ1n) is 5.43. The summed E-state index contributed by atoms with van der Waals surface area (Å²) in [5, 5.41) is 18.1. The molecule has 0 heterocycles. The Morgan fingerprint density at radius 3 is 2.55 bits per heavy atom. The molecule has 0 aliphatic carbocycles. The highest BCUT2D eigenvalue weighted by Gasteiger charge is 2.18. The highest BCUT2D eigenvalue weighted by Crippen LogP contribution is 2.32. The van der Waals surface area contributed by atoms with Crippen molar-refractivity contribution in [1.82, 2.24) is 0 Å². The topological polar surface area (TPSA) is 70.3 Å². The van der Waals surface area contributed by atoms with Crippen molar-refractivity contribution in [3.63, 3.8) is 0 Å². The van der Waals surface area contributed by atoms with Gasteiger partial charge < -0.3 is 9.84 Å². The molecule has 4 nitrogen and oxygen atoms in total. The second-order valence-corrected chi connectivity index (χ2v) is 4.60. The maximum Gasteiger partial charge on any atom is 0.342 e. The highest BCUT2D eigenvalue weighted by atomic mass is 79.9. The van der Waals surface area contributed by atoms with Crippen LogP contribution in [0.4, 0.5) is 4.39 Å². The number of rotatable bonds is 3. The minimum absolute atomic E-state index is 0.148. The SMILES string of the molecule is N#Cc1c(Br)cccc1Oc1cccc(F)c1C(=O)O. The summed E-state index contributed by atoms with van der Waals surface area (Å²) < 4.78 is 19.4. The average molecular weight is 336 g/mol. The molecule has 0 aliphatic rings. The quantitative estimate of drug-likeness (QED) is 0.921. The van der Waals surface area contributed by atoms with Gasteiger partial charge in [0, 0.05) is 4.47 Å². The minimum atomic E-state index is -1.44. The summed E-state index contributed by atoms with van der Waals surface area (Å²) >= 11 is 3.19. The number of hydrogen-bond acceptors (Lipinski definition) is 3. The Bertz CT molecular complexity index is 725. The van der Waals surface area contributed by atoms with Crippen LogP contribution in [-0.2, 0) is 0 Å². The number of nitrogens with zero attached hydrogens (tertiary/aromatic N) is 1. The van der Waals surface area contributed by atoms with E-state index in [1.165, 1.54) is 18.2 Å². The number of benzene rings is 2. The first-order valence-corrected chi connectivity index (χ1v) is 6.22. The number of carbonyl (C=O) groups is 1. The van der Waals surface area contributed by atoms with Crippen molar-refractivity contribution in [2.24, 2.45) is 0 Å². The van der Waals surface area contributed by atoms with Crippen LogP contribution in [0.2, 0.25) is 0 Å². The monoisotopic (exact) mass is 335 g/mol. The van der Waals surface area contributed by atoms with Crippen molar-refractivity contribution in [3.8, 4) is 17.6 Å². The number of aromatic carboxylic acids is 1. The molecule has 0 fully saturated rings. The number of carboxylic acid groups (broad SMARTS) is 1. The zero-order valence-electron chi connectivity index (χ0n) is 9.93. The maximum absolute atomic E-state index is 13.5. The van der Waals surface area contributed by atoms with Gasteiger partial charge in [0.2, 0.25) is 0 Å². The Morgan fingerprint density at radius 1 is 1.25 bits per heavy atom. The molecule has 0 unspecified atom stereocenters. The largest absolute Gasteiger partial charge is 0.477 e. The Hall–Kier alpha value is -2.39. The first-order chi connectivity index (χ1) is 9.54. The lowest BCUT2D eigenvalue weighted by Crippen LogP contribution is -2.04. The van der Waals surface area contributed by atoms with Gasteiger partial charge >= 0.3 is 5.97 Å². The molecule has 6 heteroatoms. The summed E-state index contributed by atoms with van der Waals surface area (Å²) in [6.07, 6.45) is 0. The second-order valence-electron chi connectivity index (χ2n) is 3.74. The van der Waals surface area contributed by atoms with Gasteiger partial charge in [-0.15, -0.1) is 0 Å². The lowest BCUT2D eigenvalue weighted by Gasteiger charge is -2.11. The molecule has 0 aromatic heterocycles. The number of nitriles is 1. The molecule has 100 valence electrons. The molecule has 0 radical (unpaired) electrons. The van der Waals surface area contributed by atoms with Crippen LogP contribution in [0, 0.1) is 17.1 Å². The van der Waals surface area contributed by atoms with Crippen molar-refractivity contribution < 1.29 is 19.0 Å². The lowest BCUT2D eigenvalue weighted by atomic mass is 10.2. The van der Waals surface area contributed by atoms with Gasteiger partial charge in [-0.2, -0.15) is 5.26 Å². The van der Waals surface area contributed by atoms with Crippen LogP contribution in [0.15, 0.2) is 40.9 Å². The minimum Gasteiger partial charge on any atom is -0.477 e. The number of carboxylic acids is 1. The zero-order valence-corrected chi connectivity index (χ0v) is 11.5. The summed E-state index contributed by atoms with van der Waals surface area (Å²) in [6, 6.07) is 10.4.